The van der Waals surface area contributed by atoms with Crippen molar-refractivity contribution < 1.29 is 16.4 Å². The third kappa shape index (κ3) is 39.4. The van der Waals surface area contributed by atoms with Crippen molar-refractivity contribution >= 4 is 34.3 Å². The Morgan fingerprint density at radius 3 is 0.600 bits per heavy atom. The molecule has 5 heavy (non-hydrogen) atoms. The molecule has 0 heterocycles. The van der Waals surface area contributed by atoms with Gasteiger partial charge in [0.25, 0.3) is 0 Å². The second-order valence-electron chi connectivity index (χ2n) is 0. The van der Waals surface area contributed by atoms with E-state index < -0.39 is 0 Å². The van der Waals surface area contributed by atoms with E-state index in [1.54, 1.807) is 0 Å². The van der Waals surface area contributed by atoms with Crippen LogP contribution in [0.4, 0.5) is 0 Å². The molecule has 0 aromatic heterocycles. The average molecular weight is 210 g/mol. The monoisotopic (exact) mass is 209 g/mol. The van der Waals surface area contributed by atoms with Gasteiger partial charge in [-0.15, -0.1) is 0 Å². The minimum Gasteiger partial charge on any atom is -0.412 e. The van der Waals surface area contributed by atoms with Crippen molar-refractivity contribution in [3.8, 4) is 0 Å². The normalized spacial score (nSPS) is 0. The molecule has 3 radical (unpaired) electrons. The van der Waals surface area contributed by atoms with Crippen molar-refractivity contribution in [1.82, 2.24) is 0 Å². The minimum atomic E-state index is 0. The van der Waals surface area contributed by atoms with Gasteiger partial charge < -0.3 is 16.4 Å². The Morgan fingerprint density at radius 2 is 0.600 bits per heavy atom. The molecule has 37 valence electrons. The van der Waals surface area contributed by atoms with Gasteiger partial charge in [0.05, 0.1) is 0 Å². The molecule has 0 aliphatic rings. The Kier molecular flexibility index (Phi) is 1740. The smallest absolute Gasteiger partial charge is 0 e. The van der Waals surface area contributed by atoms with Crippen LogP contribution in [0.2, 0.25) is 0 Å². The van der Waals surface area contributed by atoms with Crippen molar-refractivity contribution in [1.29, 1.82) is 0 Å². The topological polar surface area (TPSA) is 94.5 Å². The molecule has 1 unspecified atom stereocenters. The van der Waals surface area contributed by atoms with Crippen LogP contribution < -0.4 is 0 Å². The van der Waals surface area contributed by atoms with Crippen molar-refractivity contribution in [2.75, 3.05) is 0 Å². The summed E-state index contributed by atoms with van der Waals surface area (Å²) in [5, 5.41) is 0. The summed E-state index contributed by atoms with van der Waals surface area (Å²) in [5.41, 5.74) is 0. The van der Waals surface area contributed by atoms with Crippen LogP contribution in [0.25, 0.3) is 0 Å². The van der Waals surface area contributed by atoms with E-state index in [1.807, 2.05) is 0 Å². The van der Waals surface area contributed by atoms with Crippen molar-refractivity contribution in [3.63, 3.8) is 0 Å². The Hall–Kier alpha value is 1.13. The number of hydrogen-bond acceptors (Lipinski definition) is 0. The summed E-state index contributed by atoms with van der Waals surface area (Å²) >= 11 is 0. The van der Waals surface area contributed by atoms with Gasteiger partial charge in [0.2, 0.25) is 0 Å². The molecule has 0 aromatic carbocycles. The fourth-order valence-electron chi connectivity index (χ4n) is 0. The molecule has 6 N–H and O–H groups in total. The van der Waals surface area contributed by atoms with E-state index in [0.29, 0.717) is 0 Å². The zero-order chi connectivity index (χ0) is 0. The van der Waals surface area contributed by atoms with Crippen LogP contribution in [-0.2, 0) is 0 Å². The first-order valence-corrected chi connectivity index (χ1v) is 0. The molecule has 0 aliphatic carbocycles. The second-order valence-corrected chi connectivity index (χ2v) is 0. The molecule has 0 saturated heterocycles. The Bertz CT molecular complexity index is 6.85. The van der Waals surface area contributed by atoms with Gasteiger partial charge in [-0.2, -0.15) is 9.90 Å². The van der Waals surface area contributed by atoms with E-state index >= 15 is 0 Å². The third-order valence-corrected chi connectivity index (χ3v) is 0. The van der Waals surface area contributed by atoms with E-state index in [1.165, 1.54) is 0 Å². The van der Waals surface area contributed by atoms with Crippen LogP contribution in [0.5, 0.6) is 0 Å². The molecule has 0 fully saturated rings. The number of hydrogen-bond donors (Lipinski definition) is 0. The minimum absolute atomic E-state index is 0. The first-order valence-electron chi connectivity index (χ1n) is 0. The van der Waals surface area contributed by atoms with Crippen molar-refractivity contribution in [3.05, 3.63) is 0 Å². The molecule has 0 saturated carbocycles. The molecule has 1 atom stereocenters. The largest absolute Gasteiger partial charge is 0.412 e. The average Bonchev–Trinajstić information content (AvgIpc) is 0. The van der Waals surface area contributed by atoms with Crippen LogP contribution in [0.15, 0.2) is 0 Å². The Morgan fingerprint density at radius 1 is 0.600 bits per heavy atom. The molecule has 3 nitrogen and oxygen atoms in total. The summed E-state index contributed by atoms with van der Waals surface area (Å²) in [6, 6.07) is 0. The fraction of sp³-hybridized carbons (Fsp3) is 0. The van der Waals surface area contributed by atoms with Crippen LogP contribution in [-0.4, -0.2) is 40.9 Å². The van der Waals surface area contributed by atoms with Crippen molar-refractivity contribution in [2.45, 2.75) is 0 Å². The van der Waals surface area contributed by atoms with E-state index in [0.717, 1.165) is 0 Å². The molecule has 0 rings (SSSR count). The van der Waals surface area contributed by atoms with E-state index in [2.05, 4.69) is 0 Å². The van der Waals surface area contributed by atoms with E-state index in [-0.39, 0.29) is 50.8 Å². The molecular weight excluding hydrogens is 201 g/mol. The van der Waals surface area contributed by atoms with Gasteiger partial charge in [-0.3, -0.25) is 0 Å². The van der Waals surface area contributed by atoms with Gasteiger partial charge in [0.1, 0.15) is 0 Å². The van der Waals surface area contributed by atoms with Crippen molar-refractivity contribution in [2.24, 2.45) is 0 Å². The maximum absolute atomic E-state index is 0. The Labute approximate surface area is 51.1 Å². The first-order chi connectivity index (χ1) is 0. The zero-order valence-electron chi connectivity index (χ0n) is 2.65. The van der Waals surface area contributed by atoms with E-state index in [4.69, 9.17) is 0 Å². The molecule has 0 amide bonds. The molecule has 0 aliphatic heterocycles. The predicted molar refractivity (Wildman–Crippen MR) is 27.7 cm³/mol. The van der Waals surface area contributed by atoms with Gasteiger partial charge in [-0.05, 0) is 0 Å². The van der Waals surface area contributed by atoms with Gasteiger partial charge in [0.15, 0.2) is 0 Å². The van der Waals surface area contributed by atoms with Crippen LogP contribution in [0, 0.1) is 0 Å². The van der Waals surface area contributed by atoms with E-state index in [9.17, 15) is 0 Å². The SMILES string of the molecule is O.O.O.P.[Sb]. The van der Waals surface area contributed by atoms with Crippen LogP contribution >= 0.6 is 9.90 Å². The fourth-order valence-corrected chi connectivity index (χ4v) is 0. The van der Waals surface area contributed by atoms with Gasteiger partial charge >= 0.3 is 0 Å². The molecule has 0 bridgehead atoms. The number of rotatable bonds is 0. The standard InChI is InChI=1S/3H2O.H3P.Sb/h3*1H2;1H3;. The summed E-state index contributed by atoms with van der Waals surface area (Å²) < 4.78 is 0. The summed E-state index contributed by atoms with van der Waals surface area (Å²) in [6.45, 7) is 0. The van der Waals surface area contributed by atoms with Gasteiger partial charge in [-0.1, -0.05) is 0 Å². The molecule has 5 heteroatoms. The predicted octanol–water partition coefficient (Wildman–Crippen LogP) is -2.80. The molecule has 0 spiro atoms. The molecule has 0 aromatic rings. The third-order valence-electron chi connectivity index (χ3n) is 0. The summed E-state index contributed by atoms with van der Waals surface area (Å²) in [5.74, 6) is 0. The van der Waals surface area contributed by atoms with Gasteiger partial charge in [0, 0.05) is 24.4 Å². The quantitative estimate of drug-likeness (QED) is 0.305. The maximum Gasteiger partial charge on any atom is 0 e. The summed E-state index contributed by atoms with van der Waals surface area (Å²) in [4.78, 5) is 0. The van der Waals surface area contributed by atoms with Crippen LogP contribution in [0.3, 0.4) is 0 Å². The maximum atomic E-state index is 0. The summed E-state index contributed by atoms with van der Waals surface area (Å²) in [6.07, 6.45) is 0. The first kappa shape index (κ1) is 127. The summed E-state index contributed by atoms with van der Waals surface area (Å²) in [7, 11) is 0. The second kappa shape index (κ2) is 68.7. The Balaban J connectivity index is 0. The van der Waals surface area contributed by atoms with Gasteiger partial charge in [-0.25, -0.2) is 0 Å². The zero-order valence-corrected chi connectivity index (χ0v) is 6.62. The van der Waals surface area contributed by atoms with Crippen LogP contribution in [0.1, 0.15) is 0 Å². The molecular formula is H9O3PSb.